The fraction of sp³-hybridized carbons (Fsp3) is 0.0526. The maximum atomic E-state index is 13.2. The third-order valence-corrected chi connectivity index (χ3v) is 5.20. The number of imidazole rings is 1. The lowest BCUT2D eigenvalue weighted by Crippen LogP contribution is -2.15. The smallest absolute Gasteiger partial charge is 0.236 e. The van der Waals surface area contributed by atoms with Gasteiger partial charge in [-0.2, -0.15) is 0 Å². The van der Waals surface area contributed by atoms with Crippen LogP contribution in [0.25, 0.3) is 17.0 Å². The van der Waals surface area contributed by atoms with Crippen molar-refractivity contribution in [1.82, 2.24) is 14.4 Å². The number of sulfonamides is 1. The van der Waals surface area contributed by atoms with Gasteiger partial charge < -0.3 is 0 Å². The summed E-state index contributed by atoms with van der Waals surface area (Å²) >= 11 is 0. The fourth-order valence-electron chi connectivity index (χ4n) is 2.74. The van der Waals surface area contributed by atoms with Gasteiger partial charge in [-0.15, -0.1) is 0 Å². The van der Waals surface area contributed by atoms with Gasteiger partial charge in [0.2, 0.25) is 15.8 Å². The van der Waals surface area contributed by atoms with Crippen LogP contribution in [-0.2, 0) is 15.8 Å². The van der Waals surface area contributed by atoms with Crippen LogP contribution in [0.15, 0.2) is 73.2 Å². The molecule has 0 aliphatic carbocycles. The molecule has 0 spiro atoms. The van der Waals surface area contributed by atoms with Crippen molar-refractivity contribution >= 4 is 21.5 Å². The number of nitrogens with zero attached hydrogens (tertiary/aromatic N) is 3. The maximum absolute atomic E-state index is 13.2. The SMILES string of the molecule is O=S(=O)(Cc1cccc(F)c1)Nc1ccc(-c2cn3cccnc3n2)cc1. The molecule has 0 aliphatic rings. The number of nitrogens with one attached hydrogen (secondary N) is 1. The molecule has 0 fully saturated rings. The number of rotatable bonds is 5. The Balaban J connectivity index is 1.51. The average Bonchev–Trinajstić information content (AvgIpc) is 3.05. The number of hydrogen-bond donors (Lipinski definition) is 1. The highest BCUT2D eigenvalue weighted by molar-refractivity contribution is 7.91. The van der Waals surface area contributed by atoms with Crippen molar-refractivity contribution in [2.45, 2.75) is 5.75 Å². The van der Waals surface area contributed by atoms with E-state index in [-0.39, 0.29) is 5.75 Å². The first kappa shape index (κ1) is 17.2. The van der Waals surface area contributed by atoms with Gasteiger partial charge >= 0.3 is 0 Å². The van der Waals surface area contributed by atoms with Gasteiger partial charge in [0.25, 0.3) is 0 Å². The Labute approximate surface area is 155 Å². The summed E-state index contributed by atoms with van der Waals surface area (Å²) in [6.07, 6.45) is 5.38. The van der Waals surface area contributed by atoms with E-state index in [1.54, 1.807) is 36.5 Å². The molecule has 0 saturated carbocycles. The van der Waals surface area contributed by atoms with E-state index in [0.29, 0.717) is 17.0 Å². The van der Waals surface area contributed by atoms with E-state index in [0.717, 1.165) is 11.3 Å². The lowest BCUT2D eigenvalue weighted by molar-refractivity contribution is 0.599. The zero-order chi connectivity index (χ0) is 18.9. The lowest BCUT2D eigenvalue weighted by atomic mass is 10.1. The molecule has 0 amide bonds. The van der Waals surface area contributed by atoms with Crippen molar-refractivity contribution in [3.63, 3.8) is 0 Å². The highest BCUT2D eigenvalue weighted by Crippen LogP contribution is 2.22. The monoisotopic (exact) mass is 382 g/mol. The molecule has 2 aromatic carbocycles. The molecular formula is C19H15FN4O2S. The van der Waals surface area contributed by atoms with E-state index in [4.69, 9.17) is 0 Å². The Hall–Kier alpha value is -3.26. The summed E-state index contributed by atoms with van der Waals surface area (Å²) in [5, 5.41) is 0. The Morgan fingerprint density at radius 1 is 1.07 bits per heavy atom. The number of benzene rings is 2. The van der Waals surface area contributed by atoms with Crippen molar-refractivity contribution in [3.8, 4) is 11.3 Å². The molecule has 8 heteroatoms. The second kappa shape index (κ2) is 6.81. The van der Waals surface area contributed by atoms with Crippen LogP contribution in [0.4, 0.5) is 10.1 Å². The molecule has 4 rings (SSSR count). The molecule has 0 saturated heterocycles. The van der Waals surface area contributed by atoms with E-state index in [1.165, 1.54) is 18.2 Å². The normalized spacial score (nSPS) is 11.6. The van der Waals surface area contributed by atoms with E-state index in [2.05, 4.69) is 14.7 Å². The summed E-state index contributed by atoms with van der Waals surface area (Å²) in [5.41, 5.74) is 2.39. The van der Waals surface area contributed by atoms with Crippen LogP contribution in [0.5, 0.6) is 0 Å². The molecule has 0 radical (unpaired) electrons. The van der Waals surface area contributed by atoms with E-state index in [9.17, 15) is 12.8 Å². The molecule has 0 unspecified atom stereocenters. The summed E-state index contributed by atoms with van der Waals surface area (Å²) in [6, 6.07) is 14.2. The first-order valence-electron chi connectivity index (χ1n) is 8.14. The first-order chi connectivity index (χ1) is 13.0. The first-order valence-corrected chi connectivity index (χ1v) is 9.79. The summed E-state index contributed by atoms with van der Waals surface area (Å²) in [4.78, 5) is 8.60. The average molecular weight is 382 g/mol. The van der Waals surface area contributed by atoms with Gasteiger partial charge in [0, 0.05) is 29.8 Å². The minimum Gasteiger partial charge on any atom is -0.291 e. The molecule has 6 nitrogen and oxygen atoms in total. The van der Waals surface area contributed by atoms with Crippen LogP contribution in [0.3, 0.4) is 0 Å². The summed E-state index contributed by atoms with van der Waals surface area (Å²) < 4.78 is 42.1. The molecule has 1 N–H and O–H groups in total. The van der Waals surface area contributed by atoms with Crippen LogP contribution in [0.1, 0.15) is 5.56 Å². The van der Waals surface area contributed by atoms with Crippen molar-refractivity contribution in [3.05, 3.63) is 84.6 Å². The Morgan fingerprint density at radius 2 is 1.89 bits per heavy atom. The van der Waals surface area contributed by atoms with Crippen LogP contribution in [-0.4, -0.2) is 22.8 Å². The highest BCUT2D eigenvalue weighted by atomic mass is 32.2. The second-order valence-electron chi connectivity index (χ2n) is 6.02. The quantitative estimate of drug-likeness (QED) is 0.573. The van der Waals surface area contributed by atoms with E-state index in [1.807, 2.05) is 22.9 Å². The molecule has 2 heterocycles. The van der Waals surface area contributed by atoms with Crippen molar-refractivity contribution in [2.75, 3.05) is 4.72 Å². The van der Waals surface area contributed by atoms with E-state index >= 15 is 0 Å². The second-order valence-corrected chi connectivity index (χ2v) is 7.74. The Kier molecular flexibility index (Phi) is 4.33. The van der Waals surface area contributed by atoms with Crippen molar-refractivity contribution in [2.24, 2.45) is 0 Å². The van der Waals surface area contributed by atoms with Crippen LogP contribution in [0, 0.1) is 5.82 Å². The summed E-state index contributed by atoms with van der Waals surface area (Å²) in [5.74, 6) is -0.175. The van der Waals surface area contributed by atoms with Gasteiger partial charge in [0.15, 0.2) is 0 Å². The standard InChI is InChI=1S/C19H15FN4O2S/c20-16-4-1-3-14(11-16)13-27(25,26)23-17-7-5-15(6-8-17)18-12-24-10-2-9-21-19(24)22-18/h1-12,23H,13H2. The highest BCUT2D eigenvalue weighted by Gasteiger charge is 2.13. The molecule has 0 aliphatic heterocycles. The number of hydrogen-bond acceptors (Lipinski definition) is 4. The predicted molar refractivity (Wildman–Crippen MR) is 101 cm³/mol. The number of aromatic nitrogens is 3. The molecule has 0 atom stereocenters. The largest absolute Gasteiger partial charge is 0.291 e. The molecular weight excluding hydrogens is 367 g/mol. The zero-order valence-corrected chi connectivity index (χ0v) is 14.9. The molecule has 2 aromatic heterocycles. The molecule has 0 bridgehead atoms. The van der Waals surface area contributed by atoms with Crippen LogP contribution < -0.4 is 4.72 Å². The molecule has 27 heavy (non-hydrogen) atoms. The number of anilines is 1. The third-order valence-electron chi connectivity index (χ3n) is 3.94. The number of fused-ring (bicyclic) bond motifs is 1. The topological polar surface area (TPSA) is 76.4 Å². The molecule has 4 aromatic rings. The minimum atomic E-state index is -3.65. The summed E-state index contributed by atoms with van der Waals surface area (Å²) in [7, 11) is -3.65. The van der Waals surface area contributed by atoms with Gasteiger partial charge in [-0.1, -0.05) is 24.3 Å². The van der Waals surface area contributed by atoms with E-state index < -0.39 is 15.8 Å². The zero-order valence-electron chi connectivity index (χ0n) is 14.1. The van der Waals surface area contributed by atoms with Gasteiger partial charge in [0.05, 0.1) is 11.4 Å². The van der Waals surface area contributed by atoms with Gasteiger partial charge in [0.1, 0.15) is 5.82 Å². The van der Waals surface area contributed by atoms with Gasteiger partial charge in [-0.3, -0.25) is 9.12 Å². The van der Waals surface area contributed by atoms with Crippen LogP contribution in [0.2, 0.25) is 0 Å². The lowest BCUT2D eigenvalue weighted by Gasteiger charge is -2.08. The maximum Gasteiger partial charge on any atom is 0.236 e. The van der Waals surface area contributed by atoms with Crippen LogP contribution >= 0.6 is 0 Å². The van der Waals surface area contributed by atoms with Crippen molar-refractivity contribution < 1.29 is 12.8 Å². The Morgan fingerprint density at radius 3 is 2.63 bits per heavy atom. The minimum absolute atomic E-state index is 0.301. The van der Waals surface area contributed by atoms with Gasteiger partial charge in [-0.25, -0.2) is 22.8 Å². The van der Waals surface area contributed by atoms with Gasteiger partial charge in [-0.05, 0) is 35.9 Å². The summed E-state index contributed by atoms with van der Waals surface area (Å²) in [6.45, 7) is 0. The van der Waals surface area contributed by atoms with Crippen molar-refractivity contribution in [1.29, 1.82) is 0 Å². The Bertz CT molecular complexity index is 1170. The third kappa shape index (κ3) is 3.95. The predicted octanol–water partition coefficient (Wildman–Crippen LogP) is 3.48. The number of halogens is 1. The fourth-order valence-corrected chi connectivity index (χ4v) is 3.93. The molecule has 136 valence electrons.